The highest BCUT2D eigenvalue weighted by atomic mass is 32.2. The average Bonchev–Trinajstić information content (AvgIpc) is 2.59. The van der Waals surface area contributed by atoms with Crippen LogP contribution in [0.2, 0.25) is 0 Å². The Balaban J connectivity index is 2.15. The third kappa shape index (κ3) is 4.24. The number of benzene rings is 2. The van der Waals surface area contributed by atoms with Crippen LogP contribution in [-0.4, -0.2) is 24.5 Å². The van der Waals surface area contributed by atoms with Crippen LogP contribution in [0.4, 0.5) is 0 Å². The fourth-order valence-corrected chi connectivity index (χ4v) is 3.67. The number of hydrogen-bond donors (Lipinski definition) is 2. The van der Waals surface area contributed by atoms with Crippen LogP contribution in [0.25, 0.3) is 0 Å². The molecule has 0 unspecified atom stereocenters. The summed E-state index contributed by atoms with van der Waals surface area (Å²) in [7, 11) is 1.83. The molecule has 0 spiro atoms. The Morgan fingerprint density at radius 1 is 1.00 bits per heavy atom. The van der Waals surface area contributed by atoms with Crippen molar-refractivity contribution in [1.29, 1.82) is 0 Å². The maximum Gasteiger partial charge on any atom is 0.166 e. The third-order valence-electron chi connectivity index (χ3n) is 3.65. The molecule has 0 aliphatic rings. The Hall–Kier alpha value is -1.52. The number of rotatable bonds is 6. The van der Waals surface area contributed by atoms with Crippen molar-refractivity contribution in [3.8, 4) is 0 Å². The topological polar surface area (TPSA) is 24.1 Å². The second-order valence-corrected chi connectivity index (χ2v) is 7.04. The van der Waals surface area contributed by atoms with Gasteiger partial charge in [-0.15, -0.1) is 11.8 Å². The quantitative estimate of drug-likeness (QED) is 0.622. The first-order valence-electron chi connectivity index (χ1n) is 7.37. The summed E-state index contributed by atoms with van der Waals surface area (Å²) in [6, 6.07) is 21.3. The highest BCUT2D eigenvalue weighted by Crippen LogP contribution is 2.42. The van der Waals surface area contributed by atoms with Crippen molar-refractivity contribution < 1.29 is 0 Å². The molecule has 0 atom stereocenters. The maximum absolute atomic E-state index is 5.12. The van der Waals surface area contributed by atoms with Crippen molar-refractivity contribution in [2.45, 2.75) is 11.7 Å². The van der Waals surface area contributed by atoms with E-state index < -0.39 is 0 Å². The highest BCUT2D eigenvalue weighted by Gasteiger charge is 2.28. The van der Waals surface area contributed by atoms with Crippen molar-refractivity contribution in [3.05, 3.63) is 71.8 Å². The number of thioether (sulfide) groups is 1. The molecule has 0 radical (unpaired) electrons. The summed E-state index contributed by atoms with van der Waals surface area (Å²) in [5.74, 6) is 0.974. The van der Waals surface area contributed by atoms with Crippen molar-refractivity contribution in [2.75, 3.05) is 19.3 Å². The summed E-state index contributed by atoms with van der Waals surface area (Å²) < 4.78 is -0.0640. The number of hydrogen-bond acceptors (Lipinski definition) is 2. The summed E-state index contributed by atoms with van der Waals surface area (Å²) in [6.45, 7) is 3.14. The lowest BCUT2D eigenvalue weighted by atomic mass is 9.92. The van der Waals surface area contributed by atoms with Gasteiger partial charge in [0, 0.05) is 19.3 Å². The lowest BCUT2D eigenvalue weighted by Gasteiger charge is -2.30. The molecule has 0 fully saturated rings. The Kier molecular flexibility index (Phi) is 6.28. The zero-order valence-electron chi connectivity index (χ0n) is 13.0. The third-order valence-corrected chi connectivity index (χ3v) is 5.46. The van der Waals surface area contributed by atoms with Crippen LogP contribution in [0.1, 0.15) is 18.1 Å². The second kappa shape index (κ2) is 8.20. The van der Waals surface area contributed by atoms with Crippen LogP contribution in [0.5, 0.6) is 0 Å². The zero-order valence-corrected chi connectivity index (χ0v) is 14.6. The summed E-state index contributed by atoms with van der Waals surface area (Å²) in [5, 5.41) is 6.84. The molecule has 2 rings (SSSR count). The molecule has 22 heavy (non-hydrogen) atoms. The molecule has 2 aromatic rings. The molecule has 0 aliphatic heterocycles. The predicted octanol–water partition coefficient (Wildman–Crippen LogP) is 3.78. The first kappa shape index (κ1) is 16.8. The lowest BCUT2D eigenvalue weighted by Crippen LogP contribution is -2.34. The molecule has 2 aromatic carbocycles. The number of thiocarbonyl (C=S) groups is 1. The van der Waals surface area contributed by atoms with Gasteiger partial charge in [0.15, 0.2) is 5.11 Å². The van der Waals surface area contributed by atoms with E-state index in [1.54, 1.807) is 0 Å². The maximum atomic E-state index is 5.12. The van der Waals surface area contributed by atoms with E-state index in [0.29, 0.717) is 5.11 Å². The van der Waals surface area contributed by atoms with Gasteiger partial charge in [0.05, 0.1) is 4.75 Å². The van der Waals surface area contributed by atoms with E-state index in [1.165, 1.54) is 11.1 Å². The van der Waals surface area contributed by atoms with Gasteiger partial charge in [-0.2, -0.15) is 0 Å². The normalized spacial score (nSPS) is 11.0. The van der Waals surface area contributed by atoms with E-state index in [2.05, 4.69) is 78.2 Å². The van der Waals surface area contributed by atoms with E-state index in [1.807, 2.05) is 18.8 Å². The van der Waals surface area contributed by atoms with E-state index >= 15 is 0 Å². The van der Waals surface area contributed by atoms with Gasteiger partial charge >= 0.3 is 0 Å². The van der Waals surface area contributed by atoms with Crippen LogP contribution in [0.15, 0.2) is 60.7 Å². The second-order valence-electron chi connectivity index (χ2n) is 5.12. The molecule has 0 aromatic heterocycles. The van der Waals surface area contributed by atoms with Gasteiger partial charge in [0.2, 0.25) is 0 Å². The van der Waals surface area contributed by atoms with E-state index in [4.69, 9.17) is 12.2 Å². The average molecular weight is 331 g/mol. The Bertz CT molecular complexity index is 545. The van der Waals surface area contributed by atoms with Crippen molar-refractivity contribution in [3.63, 3.8) is 0 Å². The SMILES string of the molecule is CNC(=S)NCCSC(C)(c1ccccc1)c1ccccc1. The number of nitrogens with one attached hydrogen (secondary N) is 2. The van der Waals surface area contributed by atoms with E-state index in [0.717, 1.165) is 12.3 Å². The molecule has 2 N–H and O–H groups in total. The molecule has 0 heterocycles. The van der Waals surface area contributed by atoms with Crippen LogP contribution >= 0.6 is 24.0 Å². The summed E-state index contributed by atoms with van der Waals surface area (Å²) >= 11 is 7.05. The van der Waals surface area contributed by atoms with Gasteiger partial charge in [0.1, 0.15) is 0 Å². The summed E-state index contributed by atoms with van der Waals surface area (Å²) in [4.78, 5) is 0. The fourth-order valence-electron chi connectivity index (χ4n) is 2.35. The molecule has 0 saturated heterocycles. The van der Waals surface area contributed by atoms with Crippen LogP contribution in [-0.2, 0) is 4.75 Å². The van der Waals surface area contributed by atoms with Gasteiger partial charge in [0.25, 0.3) is 0 Å². The minimum absolute atomic E-state index is 0.0640. The summed E-state index contributed by atoms with van der Waals surface area (Å²) in [5.41, 5.74) is 2.64. The minimum atomic E-state index is -0.0640. The Labute approximate surface area is 142 Å². The largest absolute Gasteiger partial charge is 0.366 e. The highest BCUT2D eigenvalue weighted by molar-refractivity contribution is 8.00. The predicted molar refractivity (Wildman–Crippen MR) is 101 cm³/mol. The van der Waals surface area contributed by atoms with Crippen molar-refractivity contribution in [2.24, 2.45) is 0 Å². The van der Waals surface area contributed by atoms with Gasteiger partial charge < -0.3 is 10.6 Å². The first-order chi connectivity index (χ1) is 10.7. The standard InChI is InChI=1S/C18H22N2S2/c1-18(15-9-5-3-6-10-15,16-11-7-4-8-12-16)22-14-13-20-17(21)19-2/h3-12H,13-14H2,1-2H3,(H2,19,20,21). The van der Waals surface area contributed by atoms with Crippen LogP contribution in [0, 0.1) is 0 Å². The summed E-state index contributed by atoms with van der Waals surface area (Å²) in [6.07, 6.45) is 0. The molecule has 4 heteroatoms. The smallest absolute Gasteiger partial charge is 0.166 e. The minimum Gasteiger partial charge on any atom is -0.366 e. The first-order valence-corrected chi connectivity index (χ1v) is 8.77. The molecule has 116 valence electrons. The van der Waals surface area contributed by atoms with Gasteiger partial charge in [-0.1, -0.05) is 60.7 Å². The zero-order chi connectivity index (χ0) is 15.8. The van der Waals surface area contributed by atoms with Crippen LogP contribution < -0.4 is 10.6 Å². The van der Waals surface area contributed by atoms with E-state index in [-0.39, 0.29) is 4.75 Å². The molecular weight excluding hydrogens is 308 g/mol. The molecule has 0 bridgehead atoms. The lowest BCUT2D eigenvalue weighted by molar-refractivity contribution is 0.832. The van der Waals surface area contributed by atoms with E-state index in [9.17, 15) is 0 Å². The molecule has 0 saturated carbocycles. The van der Waals surface area contributed by atoms with Crippen molar-refractivity contribution in [1.82, 2.24) is 10.6 Å². The monoisotopic (exact) mass is 330 g/mol. The van der Waals surface area contributed by atoms with Gasteiger partial charge in [-0.05, 0) is 30.3 Å². The molecule has 0 aliphatic carbocycles. The van der Waals surface area contributed by atoms with Gasteiger partial charge in [-0.25, -0.2) is 0 Å². The van der Waals surface area contributed by atoms with Gasteiger partial charge in [-0.3, -0.25) is 0 Å². The Morgan fingerprint density at radius 3 is 1.95 bits per heavy atom. The fraction of sp³-hybridized carbons (Fsp3) is 0.278. The molecule has 2 nitrogen and oxygen atoms in total. The van der Waals surface area contributed by atoms with Crippen molar-refractivity contribution >= 4 is 29.1 Å². The molecular formula is C18H22N2S2. The Morgan fingerprint density at radius 2 is 1.50 bits per heavy atom. The molecule has 0 amide bonds. The van der Waals surface area contributed by atoms with Crippen LogP contribution in [0.3, 0.4) is 0 Å².